The SMILES string of the molecule is CCC(CN)c1nc(CCOCC(F)F)no1. The smallest absolute Gasteiger partial charge is 0.261 e. The van der Waals surface area contributed by atoms with Crippen molar-refractivity contribution >= 4 is 0 Å². The largest absolute Gasteiger partial charge is 0.375 e. The van der Waals surface area contributed by atoms with Gasteiger partial charge in [0.25, 0.3) is 6.43 Å². The summed E-state index contributed by atoms with van der Waals surface area (Å²) in [6.45, 7) is 2.01. The van der Waals surface area contributed by atoms with E-state index in [0.29, 0.717) is 24.7 Å². The number of nitrogens with two attached hydrogens (primary N) is 1. The lowest BCUT2D eigenvalue weighted by atomic mass is 10.1. The predicted octanol–water partition coefficient (Wildman–Crippen LogP) is 1.35. The van der Waals surface area contributed by atoms with Crippen LogP contribution >= 0.6 is 0 Å². The van der Waals surface area contributed by atoms with Crippen molar-refractivity contribution in [3.8, 4) is 0 Å². The molecule has 1 aromatic rings. The van der Waals surface area contributed by atoms with E-state index in [9.17, 15) is 8.78 Å². The van der Waals surface area contributed by atoms with E-state index in [0.717, 1.165) is 6.42 Å². The number of hydrogen-bond donors (Lipinski definition) is 1. The van der Waals surface area contributed by atoms with Crippen LogP contribution < -0.4 is 5.73 Å². The van der Waals surface area contributed by atoms with Crippen LogP contribution in [0, 0.1) is 0 Å². The van der Waals surface area contributed by atoms with Crippen molar-refractivity contribution < 1.29 is 18.0 Å². The molecule has 98 valence electrons. The van der Waals surface area contributed by atoms with Crippen LogP contribution in [0.3, 0.4) is 0 Å². The molecule has 0 radical (unpaired) electrons. The topological polar surface area (TPSA) is 74.2 Å². The zero-order valence-electron chi connectivity index (χ0n) is 9.73. The van der Waals surface area contributed by atoms with Gasteiger partial charge in [0.15, 0.2) is 5.82 Å². The number of alkyl halides is 2. The quantitative estimate of drug-likeness (QED) is 0.704. The molecular weight excluding hydrogens is 232 g/mol. The van der Waals surface area contributed by atoms with Gasteiger partial charge in [0.2, 0.25) is 5.89 Å². The van der Waals surface area contributed by atoms with E-state index in [4.69, 9.17) is 15.0 Å². The third-order valence-electron chi connectivity index (χ3n) is 2.32. The molecule has 1 rings (SSSR count). The minimum Gasteiger partial charge on any atom is -0.375 e. The summed E-state index contributed by atoms with van der Waals surface area (Å²) in [5, 5.41) is 3.74. The maximum Gasteiger partial charge on any atom is 0.261 e. The van der Waals surface area contributed by atoms with Gasteiger partial charge in [-0.05, 0) is 6.42 Å². The Morgan fingerprint density at radius 2 is 2.24 bits per heavy atom. The molecule has 0 bridgehead atoms. The van der Waals surface area contributed by atoms with Crippen molar-refractivity contribution in [2.45, 2.75) is 32.1 Å². The van der Waals surface area contributed by atoms with Crippen LogP contribution in [-0.2, 0) is 11.2 Å². The van der Waals surface area contributed by atoms with E-state index in [1.807, 2.05) is 6.92 Å². The van der Waals surface area contributed by atoms with Gasteiger partial charge in [0.05, 0.1) is 12.5 Å². The Hall–Kier alpha value is -1.08. The molecule has 1 unspecified atom stereocenters. The van der Waals surface area contributed by atoms with Crippen LogP contribution in [-0.4, -0.2) is 36.3 Å². The van der Waals surface area contributed by atoms with Crippen molar-refractivity contribution in [2.24, 2.45) is 5.73 Å². The van der Waals surface area contributed by atoms with Gasteiger partial charge in [-0.3, -0.25) is 0 Å². The van der Waals surface area contributed by atoms with Gasteiger partial charge in [-0.2, -0.15) is 4.98 Å². The fourth-order valence-electron chi connectivity index (χ4n) is 1.31. The van der Waals surface area contributed by atoms with Gasteiger partial charge >= 0.3 is 0 Å². The number of halogens is 2. The van der Waals surface area contributed by atoms with Crippen molar-refractivity contribution in [1.82, 2.24) is 10.1 Å². The summed E-state index contributed by atoms with van der Waals surface area (Å²) >= 11 is 0. The van der Waals surface area contributed by atoms with Gasteiger partial charge in [-0.25, -0.2) is 8.78 Å². The minimum absolute atomic E-state index is 0.0539. The summed E-state index contributed by atoms with van der Waals surface area (Å²) < 4.78 is 33.3. The minimum atomic E-state index is -2.45. The third-order valence-corrected chi connectivity index (χ3v) is 2.32. The number of rotatable bonds is 8. The highest BCUT2D eigenvalue weighted by Gasteiger charge is 2.15. The number of nitrogens with zero attached hydrogens (tertiary/aromatic N) is 2. The summed E-state index contributed by atoms with van der Waals surface area (Å²) in [5.74, 6) is 1.01. The Bertz CT molecular complexity index is 316. The normalized spacial score (nSPS) is 13.2. The summed E-state index contributed by atoms with van der Waals surface area (Å²) in [6.07, 6.45) is -1.27. The van der Waals surface area contributed by atoms with E-state index in [-0.39, 0.29) is 12.5 Å². The fourth-order valence-corrected chi connectivity index (χ4v) is 1.31. The van der Waals surface area contributed by atoms with Crippen LogP contribution in [0.15, 0.2) is 4.52 Å². The molecule has 0 spiro atoms. The van der Waals surface area contributed by atoms with E-state index in [2.05, 4.69) is 10.1 Å². The van der Waals surface area contributed by atoms with E-state index in [1.165, 1.54) is 0 Å². The first kappa shape index (κ1) is 14.0. The van der Waals surface area contributed by atoms with Crippen LogP contribution in [0.1, 0.15) is 31.0 Å². The fraction of sp³-hybridized carbons (Fsp3) is 0.800. The Balaban J connectivity index is 2.35. The first-order valence-electron chi connectivity index (χ1n) is 5.55. The first-order chi connectivity index (χ1) is 8.17. The maximum absolute atomic E-state index is 11.8. The van der Waals surface area contributed by atoms with E-state index < -0.39 is 13.0 Å². The van der Waals surface area contributed by atoms with Crippen LogP contribution in [0.5, 0.6) is 0 Å². The Labute approximate surface area is 98.3 Å². The zero-order valence-corrected chi connectivity index (χ0v) is 9.73. The summed E-state index contributed by atoms with van der Waals surface area (Å²) in [5.41, 5.74) is 5.54. The molecule has 0 aromatic carbocycles. The summed E-state index contributed by atoms with van der Waals surface area (Å²) in [7, 11) is 0. The zero-order chi connectivity index (χ0) is 12.7. The van der Waals surface area contributed by atoms with Gasteiger partial charge in [0, 0.05) is 13.0 Å². The molecule has 0 saturated heterocycles. The molecule has 2 N–H and O–H groups in total. The Kier molecular flexibility index (Phi) is 5.99. The molecule has 0 saturated carbocycles. The molecule has 0 aliphatic heterocycles. The van der Waals surface area contributed by atoms with Crippen molar-refractivity contribution in [2.75, 3.05) is 19.8 Å². The predicted molar refractivity (Wildman–Crippen MR) is 56.9 cm³/mol. The molecule has 0 aliphatic rings. The highest BCUT2D eigenvalue weighted by atomic mass is 19.3. The van der Waals surface area contributed by atoms with Gasteiger partial charge in [0.1, 0.15) is 6.61 Å². The van der Waals surface area contributed by atoms with Gasteiger partial charge in [-0.1, -0.05) is 12.1 Å². The number of hydrogen-bond acceptors (Lipinski definition) is 5. The second-order valence-corrected chi connectivity index (χ2v) is 3.61. The molecule has 0 fully saturated rings. The van der Waals surface area contributed by atoms with E-state index in [1.54, 1.807) is 0 Å². The number of aromatic nitrogens is 2. The van der Waals surface area contributed by atoms with Crippen LogP contribution in [0.25, 0.3) is 0 Å². The van der Waals surface area contributed by atoms with Crippen LogP contribution in [0.4, 0.5) is 8.78 Å². The highest BCUT2D eigenvalue weighted by molar-refractivity contribution is 4.94. The second kappa shape index (κ2) is 7.29. The molecule has 17 heavy (non-hydrogen) atoms. The second-order valence-electron chi connectivity index (χ2n) is 3.61. The lowest BCUT2D eigenvalue weighted by Gasteiger charge is -2.04. The summed E-state index contributed by atoms with van der Waals surface area (Å²) in [6, 6.07) is 0. The molecule has 5 nitrogen and oxygen atoms in total. The molecule has 0 amide bonds. The van der Waals surface area contributed by atoms with Crippen molar-refractivity contribution in [3.05, 3.63) is 11.7 Å². The molecule has 0 aliphatic carbocycles. The Morgan fingerprint density at radius 3 is 2.82 bits per heavy atom. The third kappa shape index (κ3) is 4.74. The van der Waals surface area contributed by atoms with Gasteiger partial charge < -0.3 is 15.0 Å². The standard InChI is InChI=1S/C10H17F2N3O2/c1-2-7(5-13)10-14-9(15-17-10)3-4-16-6-8(11)12/h7-8H,2-6,13H2,1H3. The molecular formula is C10H17F2N3O2. The maximum atomic E-state index is 11.8. The lowest BCUT2D eigenvalue weighted by Crippen LogP contribution is -2.12. The van der Waals surface area contributed by atoms with Gasteiger partial charge in [-0.15, -0.1) is 0 Å². The highest BCUT2D eigenvalue weighted by Crippen LogP contribution is 2.15. The number of ether oxygens (including phenoxy) is 1. The first-order valence-corrected chi connectivity index (χ1v) is 5.55. The molecule has 1 aromatic heterocycles. The average Bonchev–Trinajstić information content (AvgIpc) is 2.75. The Morgan fingerprint density at radius 1 is 1.47 bits per heavy atom. The summed E-state index contributed by atoms with van der Waals surface area (Å²) in [4.78, 5) is 4.14. The lowest BCUT2D eigenvalue weighted by molar-refractivity contribution is 0.0182. The molecule has 1 heterocycles. The average molecular weight is 249 g/mol. The van der Waals surface area contributed by atoms with Crippen molar-refractivity contribution in [3.63, 3.8) is 0 Å². The molecule has 7 heteroatoms. The van der Waals surface area contributed by atoms with Crippen LogP contribution in [0.2, 0.25) is 0 Å². The van der Waals surface area contributed by atoms with E-state index >= 15 is 0 Å². The van der Waals surface area contributed by atoms with Crippen molar-refractivity contribution in [1.29, 1.82) is 0 Å². The molecule has 1 atom stereocenters. The monoisotopic (exact) mass is 249 g/mol.